The molecule has 0 unspecified atom stereocenters. The fourth-order valence-corrected chi connectivity index (χ4v) is 5.10. The number of amides is 2. The van der Waals surface area contributed by atoms with E-state index in [0.29, 0.717) is 16.9 Å². The summed E-state index contributed by atoms with van der Waals surface area (Å²) in [6.07, 6.45) is 1.43. The SMILES string of the molecule is Cc1cc(/C=C2\C(=O)NC(=S)N(c3ccc(F)c(Cl)c3)C2=O)c(C)n1-c1ccc(Oc2ccc([N+](=O)[O-])cc2[N+](=O)[O-])cc1. The topological polar surface area (TPSA) is 150 Å². The highest BCUT2D eigenvalue weighted by Crippen LogP contribution is 2.35. The molecule has 15 heteroatoms. The number of aromatic nitrogens is 1. The molecule has 4 aromatic rings. The normalized spacial score (nSPS) is 14.1. The Morgan fingerprint density at radius 1 is 0.955 bits per heavy atom. The molecule has 0 aliphatic carbocycles. The van der Waals surface area contributed by atoms with Crippen molar-refractivity contribution < 1.29 is 28.6 Å². The van der Waals surface area contributed by atoms with E-state index in [-0.39, 0.29) is 32.9 Å². The van der Waals surface area contributed by atoms with Crippen molar-refractivity contribution in [1.29, 1.82) is 0 Å². The Balaban J connectivity index is 1.43. The predicted octanol–water partition coefficient (Wildman–Crippen LogP) is 6.33. The number of hydrogen-bond donors (Lipinski definition) is 1. The number of carbonyl (C=O) groups is 2. The number of benzene rings is 3. The lowest BCUT2D eigenvalue weighted by atomic mass is 10.1. The van der Waals surface area contributed by atoms with Gasteiger partial charge >= 0.3 is 5.69 Å². The number of hydrogen-bond acceptors (Lipinski definition) is 8. The standard InChI is InChI=1S/C29H19ClFN5O7S/c1-15-11-17(12-22-27(37)32-29(44)34(28(22)38)19-5-9-24(31)23(30)13-19)16(2)33(15)18-3-7-21(8-4-18)43-26-10-6-20(35(39)40)14-25(26)36(41)42/h3-14H,1-2H3,(H,32,37,44)/b22-12+. The number of nitrogens with zero attached hydrogens (tertiary/aromatic N) is 4. The molecule has 0 saturated carbocycles. The highest BCUT2D eigenvalue weighted by Gasteiger charge is 2.35. The third kappa shape index (κ3) is 5.63. The maximum atomic E-state index is 13.7. The Morgan fingerprint density at radius 3 is 2.27 bits per heavy atom. The van der Waals surface area contributed by atoms with E-state index in [1.165, 1.54) is 18.2 Å². The summed E-state index contributed by atoms with van der Waals surface area (Å²) in [7, 11) is 0. The first-order chi connectivity index (χ1) is 20.8. The number of nitrogens with one attached hydrogen (secondary N) is 1. The van der Waals surface area contributed by atoms with Crippen molar-refractivity contribution in [2.45, 2.75) is 13.8 Å². The van der Waals surface area contributed by atoms with Crippen LogP contribution in [-0.4, -0.2) is 31.3 Å². The van der Waals surface area contributed by atoms with Crippen LogP contribution >= 0.6 is 23.8 Å². The lowest BCUT2D eigenvalue weighted by Crippen LogP contribution is -2.54. The van der Waals surface area contributed by atoms with E-state index in [1.54, 1.807) is 37.3 Å². The zero-order valence-electron chi connectivity index (χ0n) is 22.7. The lowest BCUT2D eigenvalue weighted by Gasteiger charge is -2.29. The molecule has 3 aromatic carbocycles. The fraction of sp³-hybridized carbons (Fsp3) is 0.0690. The van der Waals surface area contributed by atoms with Gasteiger partial charge in [-0.3, -0.25) is 40.0 Å². The molecule has 12 nitrogen and oxygen atoms in total. The van der Waals surface area contributed by atoms with Crippen LogP contribution in [0.5, 0.6) is 11.5 Å². The molecule has 44 heavy (non-hydrogen) atoms. The summed E-state index contributed by atoms with van der Waals surface area (Å²) in [5.74, 6) is -2.01. The monoisotopic (exact) mass is 635 g/mol. The Hall–Kier alpha value is -5.47. The molecule has 1 aliphatic rings. The molecular weight excluding hydrogens is 617 g/mol. The molecule has 0 radical (unpaired) electrons. The van der Waals surface area contributed by atoms with E-state index in [4.69, 9.17) is 28.6 Å². The molecular formula is C29H19ClFN5O7S. The summed E-state index contributed by atoms with van der Waals surface area (Å²) in [6.45, 7) is 3.61. The van der Waals surface area contributed by atoms with E-state index >= 15 is 0 Å². The van der Waals surface area contributed by atoms with Crippen LogP contribution in [0, 0.1) is 39.9 Å². The van der Waals surface area contributed by atoms with Crippen LogP contribution in [0.25, 0.3) is 11.8 Å². The minimum atomic E-state index is -0.766. The summed E-state index contributed by atoms with van der Waals surface area (Å²) in [6, 6.07) is 15.0. The highest BCUT2D eigenvalue weighted by molar-refractivity contribution is 7.80. The number of nitro benzene ring substituents is 2. The molecule has 222 valence electrons. The van der Waals surface area contributed by atoms with E-state index in [9.17, 15) is 34.2 Å². The zero-order chi connectivity index (χ0) is 31.9. The number of rotatable bonds is 7. The fourth-order valence-electron chi connectivity index (χ4n) is 4.64. The average molecular weight is 636 g/mol. The molecule has 5 rings (SSSR count). The molecule has 1 fully saturated rings. The maximum absolute atomic E-state index is 13.7. The Morgan fingerprint density at radius 2 is 1.64 bits per heavy atom. The highest BCUT2D eigenvalue weighted by atomic mass is 35.5. The Bertz CT molecular complexity index is 1940. The van der Waals surface area contributed by atoms with Gasteiger partial charge in [-0.2, -0.15) is 0 Å². The Labute approximate surface area is 258 Å². The van der Waals surface area contributed by atoms with Crippen molar-refractivity contribution in [3.63, 3.8) is 0 Å². The van der Waals surface area contributed by atoms with Gasteiger partial charge in [-0.05, 0) is 92.3 Å². The van der Waals surface area contributed by atoms with Gasteiger partial charge in [0.2, 0.25) is 5.75 Å². The largest absolute Gasteiger partial charge is 0.450 e. The van der Waals surface area contributed by atoms with Gasteiger partial charge in [0, 0.05) is 23.1 Å². The first-order valence-electron chi connectivity index (χ1n) is 12.6. The summed E-state index contributed by atoms with van der Waals surface area (Å²) in [5, 5.41) is 24.5. The van der Waals surface area contributed by atoms with E-state index in [1.807, 2.05) is 11.5 Å². The molecule has 1 aliphatic heterocycles. The molecule has 2 heterocycles. The van der Waals surface area contributed by atoms with Gasteiger partial charge in [-0.1, -0.05) is 11.6 Å². The van der Waals surface area contributed by atoms with Gasteiger partial charge in [-0.25, -0.2) is 4.39 Å². The first kappa shape index (κ1) is 30.0. The van der Waals surface area contributed by atoms with Gasteiger partial charge in [0.05, 0.1) is 26.6 Å². The van der Waals surface area contributed by atoms with E-state index in [0.717, 1.165) is 34.9 Å². The van der Waals surface area contributed by atoms with Crippen molar-refractivity contribution in [3.05, 3.63) is 120 Å². The molecule has 2 amide bonds. The van der Waals surface area contributed by atoms with Crippen LogP contribution in [0.3, 0.4) is 0 Å². The van der Waals surface area contributed by atoms with Gasteiger partial charge in [0.15, 0.2) is 5.11 Å². The number of nitro groups is 2. The van der Waals surface area contributed by atoms with Gasteiger partial charge < -0.3 is 9.30 Å². The number of halogens is 2. The number of carbonyl (C=O) groups excluding carboxylic acids is 2. The zero-order valence-corrected chi connectivity index (χ0v) is 24.3. The minimum Gasteiger partial charge on any atom is -0.450 e. The van der Waals surface area contributed by atoms with Gasteiger partial charge in [0.25, 0.3) is 17.5 Å². The third-order valence-electron chi connectivity index (χ3n) is 6.71. The lowest BCUT2D eigenvalue weighted by molar-refractivity contribution is -0.394. The quantitative estimate of drug-likeness (QED) is 0.0814. The number of anilines is 1. The first-order valence-corrected chi connectivity index (χ1v) is 13.4. The number of ether oxygens (including phenoxy) is 1. The summed E-state index contributed by atoms with van der Waals surface area (Å²) >= 11 is 11.1. The van der Waals surface area contributed by atoms with E-state index in [2.05, 4.69) is 5.32 Å². The number of aryl methyl sites for hydroxylation is 1. The van der Waals surface area contributed by atoms with Crippen LogP contribution in [0.15, 0.2) is 72.3 Å². The second kappa shape index (κ2) is 11.7. The molecule has 0 atom stereocenters. The van der Waals surface area contributed by atoms with Gasteiger partial charge in [-0.15, -0.1) is 0 Å². The number of thiocarbonyl (C=S) groups is 1. The number of non-ortho nitro benzene ring substituents is 1. The summed E-state index contributed by atoms with van der Waals surface area (Å²) < 4.78 is 21.2. The van der Waals surface area contributed by atoms with Gasteiger partial charge in [0.1, 0.15) is 17.1 Å². The van der Waals surface area contributed by atoms with Crippen LogP contribution < -0.4 is 15.0 Å². The van der Waals surface area contributed by atoms with Crippen molar-refractivity contribution in [3.8, 4) is 17.2 Å². The van der Waals surface area contributed by atoms with Crippen LogP contribution in [0.2, 0.25) is 5.02 Å². The summed E-state index contributed by atoms with van der Waals surface area (Å²) in [5.41, 5.74) is 1.67. The Kier molecular flexibility index (Phi) is 7.95. The summed E-state index contributed by atoms with van der Waals surface area (Å²) in [4.78, 5) is 48.2. The molecule has 1 aromatic heterocycles. The third-order valence-corrected chi connectivity index (χ3v) is 7.28. The maximum Gasteiger partial charge on any atom is 0.318 e. The minimum absolute atomic E-state index is 0.164. The van der Waals surface area contributed by atoms with Crippen molar-refractivity contribution in [1.82, 2.24) is 9.88 Å². The van der Waals surface area contributed by atoms with E-state index < -0.39 is 38.9 Å². The molecule has 0 spiro atoms. The smallest absolute Gasteiger partial charge is 0.318 e. The molecule has 0 bridgehead atoms. The second-order valence-electron chi connectivity index (χ2n) is 9.48. The van der Waals surface area contributed by atoms with Crippen LogP contribution in [0.1, 0.15) is 17.0 Å². The molecule has 1 saturated heterocycles. The second-order valence-corrected chi connectivity index (χ2v) is 10.3. The molecule has 1 N–H and O–H groups in total. The van der Waals surface area contributed by atoms with Crippen molar-refractivity contribution >= 4 is 63.9 Å². The van der Waals surface area contributed by atoms with Crippen LogP contribution in [0.4, 0.5) is 21.5 Å². The van der Waals surface area contributed by atoms with Crippen molar-refractivity contribution in [2.75, 3.05) is 4.90 Å². The predicted molar refractivity (Wildman–Crippen MR) is 163 cm³/mol. The van der Waals surface area contributed by atoms with Crippen LogP contribution in [-0.2, 0) is 9.59 Å². The van der Waals surface area contributed by atoms with Crippen molar-refractivity contribution in [2.24, 2.45) is 0 Å². The average Bonchev–Trinajstić information content (AvgIpc) is 3.25.